The molecule has 5 nitrogen and oxygen atoms in total. The summed E-state index contributed by atoms with van der Waals surface area (Å²) in [4.78, 5) is 25.4. The molecule has 0 radical (unpaired) electrons. The summed E-state index contributed by atoms with van der Waals surface area (Å²) in [6.07, 6.45) is 89.2. The van der Waals surface area contributed by atoms with E-state index in [1.54, 1.807) is 0 Å². The third kappa shape index (κ3) is 55.6. The Morgan fingerprint density at radius 2 is 0.629 bits per heavy atom. The van der Waals surface area contributed by atoms with Gasteiger partial charge in [-0.2, -0.15) is 0 Å². The van der Waals surface area contributed by atoms with E-state index in [0.717, 1.165) is 148 Å². The van der Waals surface area contributed by atoms with Gasteiger partial charge in [0.15, 0.2) is 6.10 Å². The van der Waals surface area contributed by atoms with E-state index < -0.39 is 6.10 Å². The normalized spacial score (nSPS) is 13.7. The van der Waals surface area contributed by atoms with Gasteiger partial charge in [0, 0.05) is 19.4 Å². The van der Waals surface area contributed by atoms with E-state index in [9.17, 15) is 9.59 Å². The second-order valence-corrected chi connectivity index (χ2v) is 17.0. The molecule has 0 aliphatic heterocycles. The highest BCUT2D eigenvalue weighted by atomic mass is 16.6. The van der Waals surface area contributed by atoms with Crippen molar-refractivity contribution >= 4 is 11.9 Å². The SMILES string of the molecule is CC/C=C\C/C=C\C/C=C\C/C=C\C/C=C\C/C=C\CCC(=O)OCC(COCCCCCC/C=C\C/C=C\C/C=C\C/C=C\C/C=C\CC)OC(=O)CCCC/C=C\C/C=C\C/C=C\C/C=C\CC. The average Bonchev–Trinajstić information content (AvgIpc) is 3.36. The van der Waals surface area contributed by atoms with Crippen molar-refractivity contribution in [2.24, 2.45) is 0 Å². The molecule has 0 bridgehead atoms. The summed E-state index contributed by atoms with van der Waals surface area (Å²) >= 11 is 0. The minimum absolute atomic E-state index is 0.00350. The second kappa shape index (κ2) is 58.3. The summed E-state index contributed by atoms with van der Waals surface area (Å²) in [5.74, 6) is -0.575. The molecule has 1 unspecified atom stereocenters. The summed E-state index contributed by atoms with van der Waals surface area (Å²) in [5.41, 5.74) is 0. The maximum atomic E-state index is 12.8. The first-order chi connectivity index (χ1) is 34.6. The van der Waals surface area contributed by atoms with E-state index in [1.165, 1.54) is 0 Å². The first-order valence-corrected chi connectivity index (χ1v) is 27.3. The van der Waals surface area contributed by atoms with E-state index in [2.05, 4.69) is 197 Å². The smallest absolute Gasteiger partial charge is 0.306 e. The molecule has 388 valence electrons. The fourth-order valence-electron chi connectivity index (χ4n) is 6.49. The third-order valence-corrected chi connectivity index (χ3v) is 10.4. The quantitative estimate of drug-likeness (QED) is 0.0345. The van der Waals surface area contributed by atoms with Crippen LogP contribution < -0.4 is 0 Å². The lowest BCUT2D eigenvalue weighted by molar-refractivity contribution is -0.162. The van der Waals surface area contributed by atoms with Gasteiger partial charge in [-0.3, -0.25) is 9.59 Å². The molecule has 5 heteroatoms. The zero-order chi connectivity index (χ0) is 50.6. The van der Waals surface area contributed by atoms with Gasteiger partial charge in [0.25, 0.3) is 0 Å². The third-order valence-electron chi connectivity index (χ3n) is 10.4. The van der Waals surface area contributed by atoms with Gasteiger partial charge in [-0.1, -0.05) is 216 Å². The highest BCUT2D eigenvalue weighted by Gasteiger charge is 2.17. The van der Waals surface area contributed by atoms with Gasteiger partial charge < -0.3 is 14.2 Å². The van der Waals surface area contributed by atoms with E-state index in [0.29, 0.717) is 19.4 Å². The zero-order valence-corrected chi connectivity index (χ0v) is 44.4. The number of allylic oxidation sites excluding steroid dienone is 30. The van der Waals surface area contributed by atoms with Crippen molar-refractivity contribution in [3.63, 3.8) is 0 Å². The minimum Gasteiger partial charge on any atom is -0.462 e. The number of esters is 2. The topological polar surface area (TPSA) is 61.8 Å². The lowest BCUT2D eigenvalue weighted by Gasteiger charge is -2.18. The molecule has 0 aromatic rings. The molecule has 0 aliphatic carbocycles. The molecule has 70 heavy (non-hydrogen) atoms. The molecule has 0 aliphatic rings. The standard InChI is InChI=1S/C65H98O5/c1-4-7-10-13-16-19-22-25-28-30-32-34-36-39-42-45-48-51-54-57-60-68-61-63(70-65(67)59-56-53-50-47-44-41-37-27-24-21-18-15-12-9-6-3)62-69-64(66)58-55-52-49-46-43-40-38-35-33-31-29-26-23-20-17-14-11-8-5-2/h7-12,16-21,25-29,32-35,37,39-40,42-44,47,49,52,63H,4-6,13-15,22-24,30-31,36,38,41,45-46,48,50-51,53-62H2,1-3H3/b10-7-,11-8-,12-9-,19-16-,20-17-,21-18-,28-25-,29-26-,34-32-,35-33-,37-27-,42-39-,43-40-,47-44-,52-49-. The molecule has 0 heterocycles. The number of rotatable bonds is 47. The monoisotopic (exact) mass is 959 g/mol. The van der Waals surface area contributed by atoms with E-state index >= 15 is 0 Å². The van der Waals surface area contributed by atoms with Gasteiger partial charge in [0.05, 0.1) is 6.61 Å². The number of hydrogen-bond donors (Lipinski definition) is 0. The highest BCUT2D eigenvalue weighted by Crippen LogP contribution is 2.09. The highest BCUT2D eigenvalue weighted by molar-refractivity contribution is 5.70. The molecule has 0 fully saturated rings. The van der Waals surface area contributed by atoms with E-state index in [4.69, 9.17) is 14.2 Å². The first kappa shape index (κ1) is 65.0. The predicted octanol–water partition coefficient (Wildman–Crippen LogP) is 19.0. The summed E-state index contributed by atoms with van der Waals surface area (Å²) in [5, 5.41) is 0. The van der Waals surface area contributed by atoms with Gasteiger partial charge in [0.2, 0.25) is 0 Å². The molecule has 0 aromatic carbocycles. The number of carbonyl (C=O) groups is 2. The molecular formula is C65H98O5. The van der Waals surface area contributed by atoms with E-state index in [-0.39, 0.29) is 31.6 Å². The Bertz CT molecular complexity index is 1650. The van der Waals surface area contributed by atoms with E-state index in [1.807, 2.05) is 6.08 Å². The summed E-state index contributed by atoms with van der Waals surface area (Å²) < 4.78 is 17.3. The van der Waals surface area contributed by atoms with Crippen LogP contribution in [0.5, 0.6) is 0 Å². The van der Waals surface area contributed by atoms with Gasteiger partial charge >= 0.3 is 11.9 Å². The molecule has 0 saturated heterocycles. The molecule has 0 spiro atoms. The molecule has 0 saturated carbocycles. The van der Waals surface area contributed by atoms with Crippen LogP contribution in [0.1, 0.15) is 188 Å². The van der Waals surface area contributed by atoms with Crippen molar-refractivity contribution in [1.82, 2.24) is 0 Å². The van der Waals surface area contributed by atoms with Gasteiger partial charge in [-0.05, 0) is 141 Å². The van der Waals surface area contributed by atoms with Crippen LogP contribution in [0.3, 0.4) is 0 Å². The fourth-order valence-corrected chi connectivity index (χ4v) is 6.49. The van der Waals surface area contributed by atoms with Crippen LogP contribution in [0.25, 0.3) is 0 Å². The molecule has 0 amide bonds. The van der Waals surface area contributed by atoms with Crippen LogP contribution in [0.2, 0.25) is 0 Å². The van der Waals surface area contributed by atoms with Gasteiger partial charge in [-0.15, -0.1) is 0 Å². The molecular weight excluding hydrogens is 861 g/mol. The van der Waals surface area contributed by atoms with Crippen molar-refractivity contribution in [2.75, 3.05) is 19.8 Å². The Balaban J connectivity index is 4.55. The van der Waals surface area contributed by atoms with Crippen molar-refractivity contribution in [3.8, 4) is 0 Å². The van der Waals surface area contributed by atoms with Crippen molar-refractivity contribution in [2.45, 2.75) is 194 Å². The fraction of sp³-hybridized carbons (Fsp3) is 0.508. The summed E-state index contributed by atoms with van der Waals surface area (Å²) in [6, 6.07) is 0. The maximum absolute atomic E-state index is 12.8. The van der Waals surface area contributed by atoms with Gasteiger partial charge in [-0.25, -0.2) is 0 Å². The number of carbonyl (C=O) groups excluding carboxylic acids is 2. The van der Waals surface area contributed by atoms with Crippen molar-refractivity contribution in [1.29, 1.82) is 0 Å². The largest absolute Gasteiger partial charge is 0.462 e. The Morgan fingerprint density at radius 3 is 1.00 bits per heavy atom. The molecule has 0 rings (SSSR count). The number of hydrogen-bond acceptors (Lipinski definition) is 5. The van der Waals surface area contributed by atoms with Crippen LogP contribution in [-0.4, -0.2) is 37.9 Å². The van der Waals surface area contributed by atoms with Crippen LogP contribution in [0.15, 0.2) is 182 Å². The second-order valence-electron chi connectivity index (χ2n) is 17.0. The molecule has 0 aromatic heterocycles. The summed E-state index contributed by atoms with van der Waals surface area (Å²) in [6.45, 7) is 7.26. The number of ether oxygens (including phenoxy) is 3. The van der Waals surface area contributed by atoms with Crippen LogP contribution in [0, 0.1) is 0 Å². The zero-order valence-electron chi connectivity index (χ0n) is 44.4. The molecule has 1 atom stereocenters. The minimum atomic E-state index is -0.619. The molecule has 0 N–H and O–H groups in total. The Kier molecular flexibility index (Phi) is 54.1. The Hall–Kier alpha value is -5.00. The number of unbranched alkanes of at least 4 members (excludes halogenated alkanes) is 6. The lowest BCUT2D eigenvalue weighted by atomic mass is 10.1. The summed E-state index contributed by atoms with van der Waals surface area (Å²) in [7, 11) is 0. The maximum Gasteiger partial charge on any atom is 0.306 e. The average molecular weight is 959 g/mol. The van der Waals surface area contributed by atoms with Crippen molar-refractivity contribution in [3.05, 3.63) is 182 Å². The van der Waals surface area contributed by atoms with Crippen LogP contribution in [0.4, 0.5) is 0 Å². The van der Waals surface area contributed by atoms with Crippen LogP contribution >= 0.6 is 0 Å². The predicted molar refractivity (Wildman–Crippen MR) is 306 cm³/mol. The Morgan fingerprint density at radius 1 is 0.314 bits per heavy atom. The lowest BCUT2D eigenvalue weighted by Crippen LogP contribution is -2.30. The van der Waals surface area contributed by atoms with Gasteiger partial charge in [0.1, 0.15) is 6.61 Å². The Labute approximate surface area is 429 Å². The van der Waals surface area contributed by atoms with Crippen molar-refractivity contribution < 1.29 is 23.8 Å². The van der Waals surface area contributed by atoms with Crippen LogP contribution in [-0.2, 0) is 23.8 Å². The first-order valence-electron chi connectivity index (χ1n) is 27.3.